The van der Waals surface area contributed by atoms with Crippen molar-refractivity contribution >= 4 is 23.2 Å². The minimum Gasteiger partial charge on any atom is -0.388 e. The Morgan fingerprint density at radius 2 is 2.05 bits per heavy atom. The molecule has 0 unspecified atom stereocenters. The van der Waals surface area contributed by atoms with Gasteiger partial charge in [-0.3, -0.25) is 4.79 Å². The molecule has 1 aromatic carbocycles. The van der Waals surface area contributed by atoms with Crippen molar-refractivity contribution in [1.82, 2.24) is 9.55 Å². The molecule has 0 radical (unpaired) electrons. The Hall–Kier alpha value is -2.95. The third-order valence-electron chi connectivity index (χ3n) is 3.53. The van der Waals surface area contributed by atoms with Crippen molar-refractivity contribution in [3.05, 3.63) is 69.8 Å². The summed E-state index contributed by atoms with van der Waals surface area (Å²) in [5, 5.41) is 0. The van der Waals surface area contributed by atoms with E-state index in [1.165, 1.54) is 17.8 Å². The quantitative estimate of drug-likeness (QED) is 0.682. The fraction of sp³-hybridized carbons (Fsp3) is 0.118. The summed E-state index contributed by atoms with van der Waals surface area (Å²) in [7, 11) is 0. The zero-order valence-electron chi connectivity index (χ0n) is 12.2. The van der Waals surface area contributed by atoms with Gasteiger partial charge in [-0.25, -0.2) is 14.3 Å². The molecule has 0 aliphatic rings. The van der Waals surface area contributed by atoms with Crippen molar-refractivity contribution < 1.29 is 9.21 Å². The number of allylic oxidation sites excluding steroid dienone is 1. The molecule has 0 aliphatic carbocycles. The van der Waals surface area contributed by atoms with E-state index in [0.29, 0.717) is 5.52 Å². The van der Waals surface area contributed by atoms with Gasteiger partial charge in [0.15, 0.2) is 0 Å². The molecule has 2 heterocycles. The van der Waals surface area contributed by atoms with Gasteiger partial charge in [0.05, 0.1) is 0 Å². The summed E-state index contributed by atoms with van der Waals surface area (Å²) in [6.45, 7) is 4.03. The molecule has 3 rings (SSSR count). The number of carbonyl (C=O) groups excluding carboxylic acids is 1. The topological polar surface area (TPSA) is 65.1 Å². The van der Waals surface area contributed by atoms with E-state index in [-0.39, 0.29) is 5.71 Å². The number of nitrogens with zero attached hydrogens (tertiary/aromatic N) is 2. The standard InChI is InChI=1S/C17H14N2O3/c1-11-5-6-13(10-12(11)2)7-8-15(20)19-14-4-3-9-18-16(14)22-17(19)21/h3-10H,1-2H3/b8-7+. The molecule has 5 nitrogen and oxygen atoms in total. The number of benzene rings is 1. The summed E-state index contributed by atoms with van der Waals surface area (Å²) >= 11 is 0. The molecule has 22 heavy (non-hydrogen) atoms. The van der Waals surface area contributed by atoms with Crippen LogP contribution in [0, 0.1) is 13.8 Å². The van der Waals surface area contributed by atoms with Crippen LogP contribution in [0.1, 0.15) is 21.5 Å². The molecule has 5 heteroatoms. The predicted octanol–water partition coefficient (Wildman–Crippen LogP) is 2.96. The van der Waals surface area contributed by atoms with Crippen molar-refractivity contribution in [3.8, 4) is 0 Å². The third kappa shape index (κ3) is 2.48. The highest BCUT2D eigenvalue weighted by atomic mass is 16.4. The van der Waals surface area contributed by atoms with Crippen molar-refractivity contribution in [2.45, 2.75) is 13.8 Å². The molecule has 2 aromatic heterocycles. The molecule has 0 aliphatic heterocycles. The lowest BCUT2D eigenvalue weighted by Crippen LogP contribution is -2.20. The minimum absolute atomic E-state index is 0.153. The fourth-order valence-electron chi connectivity index (χ4n) is 2.18. The molecule has 0 amide bonds. The maximum atomic E-state index is 12.3. The third-order valence-corrected chi connectivity index (χ3v) is 3.53. The molecule has 0 spiro atoms. The summed E-state index contributed by atoms with van der Waals surface area (Å²) in [5.74, 6) is -1.20. The predicted molar refractivity (Wildman–Crippen MR) is 83.8 cm³/mol. The maximum Gasteiger partial charge on any atom is 0.428 e. The smallest absolute Gasteiger partial charge is 0.388 e. The zero-order chi connectivity index (χ0) is 15.7. The lowest BCUT2D eigenvalue weighted by atomic mass is 10.1. The van der Waals surface area contributed by atoms with E-state index in [0.717, 1.165) is 15.7 Å². The van der Waals surface area contributed by atoms with Gasteiger partial charge < -0.3 is 4.42 Å². The van der Waals surface area contributed by atoms with Crippen LogP contribution in [0.2, 0.25) is 0 Å². The molecular weight excluding hydrogens is 280 g/mol. The van der Waals surface area contributed by atoms with Gasteiger partial charge in [-0.05, 0) is 48.7 Å². The first-order chi connectivity index (χ1) is 10.6. The number of aryl methyl sites for hydroxylation is 2. The highest BCUT2D eigenvalue weighted by molar-refractivity contribution is 5.98. The Labute approximate surface area is 126 Å². The van der Waals surface area contributed by atoms with E-state index in [4.69, 9.17) is 4.42 Å². The summed E-state index contributed by atoms with van der Waals surface area (Å²) in [5.41, 5.74) is 3.74. The number of hydrogen-bond acceptors (Lipinski definition) is 4. The fourth-order valence-corrected chi connectivity index (χ4v) is 2.18. The number of aromatic nitrogens is 2. The van der Waals surface area contributed by atoms with E-state index < -0.39 is 11.7 Å². The first-order valence-electron chi connectivity index (χ1n) is 6.82. The molecule has 0 fully saturated rings. The summed E-state index contributed by atoms with van der Waals surface area (Å²) in [6, 6.07) is 9.16. The highest BCUT2D eigenvalue weighted by Gasteiger charge is 2.14. The van der Waals surface area contributed by atoms with Crippen molar-refractivity contribution in [1.29, 1.82) is 0 Å². The lowest BCUT2D eigenvalue weighted by Gasteiger charge is -2.00. The maximum absolute atomic E-state index is 12.3. The van der Waals surface area contributed by atoms with E-state index in [9.17, 15) is 9.59 Å². The number of carbonyl (C=O) groups is 1. The Bertz CT molecular complexity index is 948. The largest absolute Gasteiger partial charge is 0.428 e. The second-order valence-corrected chi connectivity index (χ2v) is 5.05. The highest BCUT2D eigenvalue weighted by Crippen LogP contribution is 2.12. The Morgan fingerprint density at radius 1 is 1.23 bits per heavy atom. The molecule has 0 N–H and O–H groups in total. The Kier molecular flexibility index (Phi) is 3.47. The van der Waals surface area contributed by atoms with Crippen LogP contribution in [0.5, 0.6) is 0 Å². The van der Waals surface area contributed by atoms with Crippen molar-refractivity contribution in [3.63, 3.8) is 0 Å². The number of rotatable bonds is 2. The SMILES string of the molecule is Cc1ccc(/C=C/C(=O)n2c(=O)oc3ncccc32)cc1C. The van der Waals surface area contributed by atoms with E-state index >= 15 is 0 Å². The molecule has 0 atom stereocenters. The second-order valence-electron chi connectivity index (χ2n) is 5.05. The van der Waals surface area contributed by atoms with E-state index in [1.54, 1.807) is 18.2 Å². The number of hydrogen-bond donors (Lipinski definition) is 0. The Morgan fingerprint density at radius 3 is 2.82 bits per heavy atom. The average Bonchev–Trinajstić information content (AvgIpc) is 2.84. The Balaban J connectivity index is 1.96. The van der Waals surface area contributed by atoms with Gasteiger partial charge in [-0.15, -0.1) is 0 Å². The molecule has 3 aromatic rings. The molecular formula is C17H14N2O3. The van der Waals surface area contributed by atoms with Crippen molar-refractivity contribution in [2.24, 2.45) is 0 Å². The summed E-state index contributed by atoms with van der Waals surface area (Å²) in [6.07, 6.45) is 4.54. The number of oxazole rings is 1. The van der Waals surface area contributed by atoms with Gasteiger partial charge in [0.25, 0.3) is 5.91 Å². The molecule has 110 valence electrons. The van der Waals surface area contributed by atoms with Crippen LogP contribution in [0.25, 0.3) is 17.3 Å². The van der Waals surface area contributed by atoms with Crippen molar-refractivity contribution in [2.75, 3.05) is 0 Å². The molecule has 0 bridgehead atoms. The van der Waals surface area contributed by atoms with Gasteiger partial charge in [-0.1, -0.05) is 18.2 Å². The van der Waals surface area contributed by atoms with Crippen LogP contribution in [0.4, 0.5) is 0 Å². The second kappa shape index (κ2) is 5.44. The first kappa shape index (κ1) is 14.0. The average molecular weight is 294 g/mol. The summed E-state index contributed by atoms with van der Waals surface area (Å²) < 4.78 is 5.92. The lowest BCUT2D eigenvalue weighted by molar-refractivity contribution is 0.0966. The molecule has 0 saturated heterocycles. The van der Waals surface area contributed by atoms with Crippen LogP contribution in [0.15, 0.2) is 51.8 Å². The monoisotopic (exact) mass is 294 g/mol. The van der Waals surface area contributed by atoms with Crippen LogP contribution < -0.4 is 5.76 Å². The van der Waals surface area contributed by atoms with Gasteiger partial charge >= 0.3 is 5.76 Å². The van der Waals surface area contributed by atoms with E-state index in [1.807, 2.05) is 32.0 Å². The number of pyridine rings is 1. The first-order valence-corrected chi connectivity index (χ1v) is 6.82. The van der Waals surface area contributed by atoms with E-state index in [2.05, 4.69) is 4.98 Å². The van der Waals surface area contributed by atoms with Gasteiger partial charge in [0, 0.05) is 12.3 Å². The molecule has 0 saturated carbocycles. The van der Waals surface area contributed by atoms with Crippen LogP contribution in [-0.4, -0.2) is 15.5 Å². The summed E-state index contributed by atoms with van der Waals surface area (Å²) in [4.78, 5) is 28.0. The van der Waals surface area contributed by atoms with Gasteiger partial charge in [0.2, 0.25) is 5.71 Å². The van der Waals surface area contributed by atoms with Crippen LogP contribution in [-0.2, 0) is 0 Å². The normalized spacial score (nSPS) is 11.4. The van der Waals surface area contributed by atoms with Crippen LogP contribution in [0.3, 0.4) is 0 Å². The number of fused-ring (bicyclic) bond motifs is 1. The van der Waals surface area contributed by atoms with Gasteiger partial charge in [-0.2, -0.15) is 0 Å². The zero-order valence-corrected chi connectivity index (χ0v) is 12.2. The minimum atomic E-state index is -0.733. The van der Waals surface area contributed by atoms with Gasteiger partial charge in [0.1, 0.15) is 5.52 Å². The van der Waals surface area contributed by atoms with Crippen LogP contribution >= 0.6 is 0 Å².